The molecule has 4 nitrogen and oxygen atoms in total. The Bertz CT molecular complexity index is 408. The summed E-state index contributed by atoms with van der Waals surface area (Å²) in [5, 5.41) is 13.9. The summed E-state index contributed by atoms with van der Waals surface area (Å²) < 4.78 is 1.76. The fourth-order valence-electron chi connectivity index (χ4n) is 1.17. The molecule has 0 saturated carbocycles. The van der Waals surface area contributed by atoms with Gasteiger partial charge in [0.2, 0.25) is 0 Å². The number of rotatable bonds is 1. The molecule has 0 bridgehead atoms. The van der Waals surface area contributed by atoms with Gasteiger partial charge in [0.15, 0.2) is 0 Å². The molecule has 2 heterocycles. The van der Waals surface area contributed by atoms with E-state index in [-0.39, 0.29) is 6.61 Å². The summed E-state index contributed by atoms with van der Waals surface area (Å²) >= 11 is 0. The van der Waals surface area contributed by atoms with Gasteiger partial charge in [0.05, 0.1) is 24.0 Å². The van der Waals surface area contributed by atoms with Gasteiger partial charge in [0.25, 0.3) is 0 Å². The molecule has 62 valence electrons. The zero-order chi connectivity index (χ0) is 8.55. The van der Waals surface area contributed by atoms with Crippen molar-refractivity contribution >= 4 is 10.9 Å². The van der Waals surface area contributed by atoms with E-state index in [4.69, 9.17) is 5.11 Å². The Morgan fingerprint density at radius 1 is 1.50 bits per heavy atom. The van der Waals surface area contributed by atoms with Gasteiger partial charge in [0.1, 0.15) is 0 Å². The Kier molecular flexibility index (Phi) is 1.55. The second-order valence-corrected chi connectivity index (χ2v) is 2.66. The number of aromatic nitrogens is 3. The van der Waals surface area contributed by atoms with Crippen LogP contribution in [-0.4, -0.2) is 19.9 Å². The van der Waals surface area contributed by atoms with Crippen LogP contribution in [0.2, 0.25) is 0 Å². The molecule has 0 aliphatic carbocycles. The minimum absolute atomic E-state index is 0.0267. The fourth-order valence-corrected chi connectivity index (χ4v) is 1.17. The molecule has 0 aromatic carbocycles. The van der Waals surface area contributed by atoms with E-state index in [1.54, 1.807) is 17.1 Å². The summed E-state index contributed by atoms with van der Waals surface area (Å²) in [4.78, 5) is 4.04. The zero-order valence-corrected chi connectivity index (χ0v) is 6.73. The van der Waals surface area contributed by atoms with E-state index in [1.807, 2.05) is 13.1 Å². The topological polar surface area (TPSA) is 50.9 Å². The summed E-state index contributed by atoms with van der Waals surface area (Å²) in [5.41, 5.74) is 1.67. The maximum absolute atomic E-state index is 8.83. The van der Waals surface area contributed by atoms with Gasteiger partial charge in [-0.3, -0.25) is 9.67 Å². The molecule has 1 N–H and O–H groups in total. The second-order valence-electron chi connectivity index (χ2n) is 2.66. The third-order valence-electron chi connectivity index (χ3n) is 1.85. The predicted octanol–water partition coefficient (Wildman–Crippen LogP) is 0.461. The van der Waals surface area contributed by atoms with E-state index in [2.05, 4.69) is 10.1 Å². The highest BCUT2D eigenvalue weighted by molar-refractivity contribution is 5.77. The lowest BCUT2D eigenvalue weighted by atomic mass is 10.3. The number of pyridine rings is 1. The van der Waals surface area contributed by atoms with Crippen molar-refractivity contribution in [1.29, 1.82) is 0 Å². The average molecular weight is 163 g/mol. The van der Waals surface area contributed by atoms with Gasteiger partial charge >= 0.3 is 0 Å². The van der Waals surface area contributed by atoms with Crippen LogP contribution in [0.25, 0.3) is 10.9 Å². The molecule has 0 radical (unpaired) electrons. The highest BCUT2D eigenvalue weighted by Gasteiger charge is 2.00. The zero-order valence-electron chi connectivity index (χ0n) is 6.73. The first-order valence-corrected chi connectivity index (χ1v) is 3.69. The van der Waals surface area contributed by atoms with Crippen LogP contribution in [0.1, 0.15) is 5.69 Å². The number of hydrogen-bond donors (Lipinski definition) is 1. The molecular weight excluding hydrogens is 154 g/mol. The van der Waals surface area contributed by atoms with E-state index in [0.717, 1.165) is 10.9 Å². The molecule has 0 amide bonds. The molecule has 0 atom stereocenters. The van der Waals surface area contributed by atoms with Crippen molar-refractivity contribution in [1.82, 2.24) is 14.8 Å². The quantitative estimate of drug-likeness (QED) is 0.664. The predicted molar refractivity (Wildman–Crippen MR) is 44.4 cm³/mol. The van der Waals surface area contributed by atoms with Crippen LogP contribution >= 0.6 is 0 Å². The molecule has 2 aromatic rings. The van der Waals surface area contributed by atoms with Gasteiger partial charge < -0.3 is 5.11 Å². The molecule has 4 heteroatoms. The summed E-state index contributed by atoms with van der Waals surface area (Å²) in [7, 11) is 1.86. The Morgan fingerprint density at radius 3 is 3.08 bits per heavy atom. The van der Waals surface area contributed by atoms with Crippen LogP contribution in [0.3, 0.4) is 0 Å². The molecule has 2 aromatic heterocycles. The lowest BCUT2D eigenvalue weighted by molar-refractivity contribution is 0.277. The van der Waals surface area contributed by atoms with Crippen LogP contribution < -0.4 is 0 Å². The summed E-state index contributed by atoms with van der Waals surface area (Å²) in [6.07, 6.45) is 3.47. The SMILES string of the molecule is Cn1ncc2cnc(CO)cc21. The van der Waals surface area contributed by atoms with Gasteiger partial charge in [-0.2, -0.15) is 5.10 Å². The van der Waals surface area contributed by atoms with E-state index in [1.165, 1.54) is 0 Å². The van der Waals surface area contributed by atoms with Crippen LogP contribution in [0, 0.1) is 0 Å². The van der Waals surface area contributed by atoms with Crippen molar-refractivity contribution in [2.75, 3.05) is 0 Å². The first-order valence-electron chi connectivity index (χ1n) is 3.69. The summed E-state index contributed by atoms with van der Waals surface area (Å²) in [6.45, 7) is -0.0267. The van der Waals surface area contributed by atoms with E-state index in [9.17, 15) is 0 Å². The lowest BCUT2D eigenvalue weighted by Gasteiger charge is -1.96. The molecule has 0 spiro atoms. The number of hydrogen-bond acceptors (Lipinski definition) is 3. The maximum Gasteiger partial charge on any atom is 0.0853 e. The Morgan fingerprint density at radius 2 is 2.33 bits per heavy atom. The Labute approximate surface area is 69.5 Å². The number of aliphatic hydroxyl groups excluding tert-OH is 1. The van der Waals surface area contributed by atoms with Crippen molar-refractivity contribution in [2.45, 2.75) is 6.61 Å². The largest absolute Gasteiger partial charge is 0.390 e. The van der Waals surface area contributed by atoms with Crippen molar-refractivity contribution in [3.8, 4) is 0 Å². The molecule has 0 aliphatic heterocycles. The van der Waals surface area contributed by atoms with Crippen molar-refractivity contribution in [3.63, 3.8) is 0 Å². The molecular formula is C8H9N3O. The second kappa shape index (κ2) is 2.57. The average Bonchev–Trinajstić information content (AvgIpc) is 2.47. The molecule has 0 fully saturated rings. The summed E-state index contributed by atoms with van der Waals surface area (Å²) in [6, 6.07) is 1.84. The minimum Gasteiger partial charge on any atom is -0.390 e. The van der Waals surface area contributed by atoms with Gasteiger partial charge in [-0.05, 0) is 6.07 Å². The van der Waals surface area contributed by atoms with Crippen molar-refractivity contribution < 1.29 is 5.11 Å². The number of aliphatic hydroxyl groups is 1. The van der Waals surface area contributed by atoms with Gasteiger partial charge in [-0.25, -0.2) is 0 Å². The van der Waals surface area contributed by atoms with Crippen LogP contribution in [-0.2, 0) is 13.7 Å². The summed E-state index contributed by atoms with van der Waals surface area (Å²) in [5.74, 6) is 0. The van der Waals surface area contributed by atoms with E-state index < -0.39 is 0 Å². The normalized spacial score (nSPS) is 10.8. The van der Waals surface area contributed by atoms with E-state index >= 15 is 0 Å². The van der Waals surface area contributed by atoms with Crippen molar-refractivity contribution in [3.05, 3.63) is 24.2 Å². The highest BCUT2D eigenvalue weighted by Crippen LogP contribution is 2.11. The highest BCUT2D eigenvalue weighted by atomic mass is 16.3. The number of nitrogens with zero attached hydrogens (tertiary/aromatic N) is 3. The Balaban J connectivity index is 2.71. The number of aryl methyl sites for hydroxylation is 1. The third kappa shape index (κ3) is 0.967. The van der Waals surface area contributed by atoms with Crippen LogP contribution in [0.5, 0.6) is 0 Å². The molecule has 0 aliphatic rings. The molecule has 2 rings (SSSR count). The standard InChI is InChI=1S/C8H9N3O/c1-11-8-2-7(5-12)9-3-6(8)4-10-11/h2-4,12H,5H2,1H3. The maximum atomic E-state index is 8.83. The smallest absolute Gasteiger partial charge is 0.0853 e. The Hall–Kier alpha value is -1.42. The van der Waals surface area contributed by atoms with Crippen molar-refractivity contribution in [2.24, 2.45) is 7.05 Å². The van der Waals surface area contributed by atoms with Gasteiger partial charge in [0, 0.05) is 18.6 Å². The molecule has 0 saturated heterocycles. The van der Waals surface area contributed by atoms with Gasteiger partial charge in [-0.15, -0.1) is 0 Å². The molecule has 12 heavy (non-hydrogen) atoms. The fraction of sp³-hybridized carbons (Fsp3) is 0.250. The van der Waals surface area contributed by atoms with E-state index in [0.29, 0.717) is 5.69 Å². The minimum atomic E-state index is -0.0267. The van der Waals surface area contributed by atoms with Crippen LogP contribution in [0.4, 0.5) is 0 Å². The number of fused-ring (bicyclic) bond motifs is 1. The lowest BCUT2D eigenvalue weighted by Crippen LogP contribution is -1.92. The molecule has 0 unspecified atom stereocenters. The monoisotopic (exact) mass is 163 g/mol. The van der Waals surface area contributed by atoms with Gasteiger partial charge in [-0.1, -0.05) is 0 Å². The first-order chi connectivity index (χ1) is 5.81. The van der Waals surface area contributed by atoms with Crippen LogP contribution in [0.15, 0.2) is 18.5 Å². The first kappa shape index (κ1) is 7.24. The third-order valence-corrected chi connectivity index (χ3v) is 1.85.